The molecule has 0 aliphatic carbocycles. The molecule has 0 fully saturated rings. The third kappa shape index (κ3) is 9.27. The molecule has 0 bridgehead atoms. The van der Waals surface area contributed by atoms with Crippen LogP contribution in [0.3, 0.4) is 0 Å². The Morgan fingerprint density at radius 2 is 1.81 bits per heavy atom. The summed E-state index contributed by atoms with van der Waals surface area (Å²) in [5, 5.41) is 11.9. The third-order valence-electron chi connectivity index (χ3n) is 6.42. The van der Waals surface area contributed by atoms with Gasteiger partial charge in [-0.05, 0) is 62.3 Å². The number of imidazole rings is 1. The lowest BCUT2D eigenvalue weighted by molar-refractivity contribution is -0.138. The molecule has 3 aromatic rings. The van der Waals surface area contributed by atoms with Crippen LogP contribution in [-0.2, 0) is 35.2 Å². The van der Waals surface area contributed by atoms with Crippen molar-refractivity contribution in [1.29, 1.82) is 5.26 Å². The van der Waals surface area contributed by atoms with Crippen molar-refractivity contribution in [3.05, 3.63) is 89.0 Å². The standard InChI is InChI=1S/C30H33F3N6O3S/c1-5-42-28(41)37(4)27(43)38(18-23-8-6-7-9-25(23)30(31,32)33)19-29(2,3)36-26(40)14-24-16-35-20-39(24)17-22-12-10-21(15-34)11-13-22/h6-13,16,20H,5,14,17-19H2,1-4H3,(H,36,40). The number of alkyl halides is 3. The van der Waals surface area contributed by atoms with Crippen LogP contribution < -0.4 is 5.32 Å². The highest BCUT2D eigenvalue weighted by molar-refractivity contribution is 7.80. The van der Waals surface area contributed by atoms with Crippen molar-refractivity contribution in [2.24, 2.45) is 0 Å². The molecule has 0 spiro atoms. The largest absolute Gasteiger partial charge is 0.449 e. The predicted octanol–water partition coefficient (Wildman–Crippen LogP) is 5.13. The van der Waals surface area contributed by atoms with E-state index in [1.807, 2.05) is 16.7 Å². The monoisotopic (exact) mass is 614 g/mol. The number of hydrogen-bond donors (Lipinski definition) is 1. The van der Waals surface area contributed by atoms with Crippen molar-refractivity contribution in [3.63, 3.8) is 0 Å². The van der Waals surface area contributed by atoms with E-state index in [0.717, 1.165) is 16.5 Å². The number of hydrogen-bond acceptors (Lipinski definition) is 6. The second kappa shape index (κ2) is 14.2. The van der Waals surface area contributed by atoms with Gasteiger partial charge in [-0.3, -0.25) is 9.69 Å². The zero-order chi connectivity index (χ0) is 31.8. The van der Waals surface area contributed by atoms with Gasteiger partial charge in [0.05, 0.1) is 42.1 Å². The summed E-state index contributed by atoms with van der Waals surface area (Å²) in [6.07, 6.45) is -2.17. The van der Waals surface area contributed by atoms with Crippen molar-refractivity contribution in [2.45, 2.75) is 52.0 Å². The molecular weight excluding hydrogens is 581 g/mol. The first-order chi connectivity index (χ1) is 20.2. The molecule has 0 unspecified atom stereocenters. The summed E-state index contributed by atoms with van der Waals surface area (Å²) in [4.78, 5) is 32.2. The second-order valence-corrected chi connectivity index (χ2v) is 10.8. The number of ether oxygens (including phenoxy) is 1. The number of rotatable bonds is 10. The number of nitrogens with one attached hydrogen (secondary N) is 1. The number of halogens is 3. The molecule has 0 aliphatic heterocycles. The van der Waals surface area contributed by atoms with E-state index in [-0.39, 0.29) is 42.7 Å². The van der Waals surface area contributed by atoms with Crippen LogP contribution in [0, 0.1) is 11.3 Å². The third-order valence-corrected chi connectivity index (χ3v) is 6.96. The molecule has 1 N–H and O–H groups in total. The Hall–Kier alpha value is -4.44. The summed E-state index contributed by atoms with van der Waals surface area (Å²) >= 11 is 5.52. The lowest BCUT2D eigenvalue weighted by atomic mass is 10.0. The molecule has 0 saturated carbocycles. The van der Waals surface area contributed by atoms with Gasteiger partial charge in [0.15, 0.2) is 5.11 Å². The molecule has 1 heterocycles. The predicted molar refractivity (Wildman–Crippen MR) is 158 cm³/mol. The summed E-state index contributed by atoms with van der Waals surface area (Å²) in [6, 6.07) is 14.3. The van der Waals surface area contributed by atoms with Gasteiger partial charge in [-0.25, -0.2) is 9.78 Å². The van der Waals surface area contributed by atoms with Gasteiger partial charge in [0, 0.05) is 38.6 Å². The molecule has 43 heavy (non-hydrogen) atoms. The second-order valence-electron chi connectivity index (χ2n) is 10.5. The highest BCUT2D eigenvalue weighted by Gasteiger charge is 2.35. The van der Waals surface area contributed by atoms with E-state index in [2.05, 4.69) is 16.4 Å². The molecule has 2 aromatic carbocycles. The molecule has 0 aliphatic rings. The lowest BCUT2D eigenvalue weighted by Gasteiger charge is -2.37. The first kappa shape index (κ1) is 33.1. The van der Waals surface area contributed by atoms with Crippen molar-refractivity contribution >= 4 is 29.3 Å². The van der Waals surface area contributed by atoms with Crippen LogP contribution in [0.5, 0.6) is 0 Å². The Morgan fingerprint density at radius 1 is 1.14 bits per heavy atom. The Morgan fingerprint density at radius 3 is 2.44 bits per heavy atom. The Bertz CT molecular complexity index is 1480. The number of carbonyl (C=O) groups is 2. The summed E-state index contributed by atoms with van der Waals surface area (Å²) in [5.74, 6) is -0.341. The van der Waals surface area contributed by atoms with Crippen molar-refractivity contribution in [2.75, 3.05) is 20.2 Å². The first-order valence-electron chi connectivity index (χ1n) is 13.4. The van der Waals surface area contributed by atoms with Gasteiger partial charge in [0.1, 0.15) is 0 Å². The van der Waals surface area contributed by atoms with E-state index < -0.39 is 23.4 Å². The number of aromatic nitrogens is 2. The number of amides is 2. The van der Waals surface area contributed by atoms with Gasteiger partial charge in [0.2, 0.25) is 5.91 Å². The van der Waals surface area contributed by atoms with E-state index in [4.69, 9.17) is 22.2 Å². The van der Waals surface area contributed by atoms with Gasteiger partial charge in [-0.1, -0.05) is 30.3 Å². The normalized spacial score (nSPS) is 11.4. The first-order valence-corrected chi connectivity index (χ1v) is 13.8. The lowest BCUT2D eigenvalue weighted by Crippen LogP contribution is -2.55. The molecule has 1 aromatic heterocycles. The summed E-state index contributed by atoms with van der Waals surface area (Å²) in [5.41, 5.74) is 0.267. The summed E-state index contributed by atoms with van der Waals surface area (Å²) in [7, 11) is 1.38. The highest BCUT2D eigenvalue weighted by Crippen LogP contribution is 2.32. The molecule has 9 nitrogen and oxygen atoms in total. The van der Waals surface area contributed by atoms with Gasteiger partial charge >= 0.3 is 12.3 Å². The number of nitriles is 1. The maximum absolute atomic E-state index is 13.8. The Labute approximate surface area is 253 Å². The molecule has 2 amide bonds. The van der Waals surface area contributed by atoms with Crippen LogP contribution in [-0.4, -0.2) is 62.2 Å². The van der Waals surface area contributed by atoms with Crippen molar-refractivity contribution in [3.8, 4) is 6.07 Å². The van der Waals surface area contributed by atoms with Crippen LogP contribution >= 0.6 is 12.2 Å². The van der Waals surface area contributed by atoms with Gasteiger partial charge < -0.3 is 19.5 Å². The van der Waals surface area contributed by atoms with Crippen molar-refractivity contribution in [1.82, 2.24) is 24.7 Å². The topological polar surface area (TPSA) is 103 Å². The Kier molecular flexibility index (Phi) is 10.9. The van der Waals surface area contributed by atoms with E-state index in [9.17, 15) is 22.8 Å². The van der Waals surface area contributed by atoms with Crippen LogP contribution in [0.25, 0.3) is 0 Å². The fraction of sp³-hybridized carbons (Fsp3) is 0.367. The molecular formula is C30H33F3N6O3S. The molecule has 13 heteroatoms. The zero-order valence-corrected chi connectivity index (χ0v) is 25.1. The zero-order valence-electron chi connectivity index (χ0n) is 24.3. The highest BCUT2D eigenvalue weighted by atomic mass is 32.1. The van der Waals surface area contributed by atoms with Crippen LogP contribution in [0.4, 0.5) is 18.0 Å². The van der Waals surface area contributed by atoms with Crippen LogP contribution in [0.2, 0.25) is 0 Å². The fourth-order valence-electron chi connectivity index (χ4n) is 4.46. The minimum absolute atomic E-state index is 0.0101. The molecule has 3 rings (SSSR count). The number of nitrogens with zero attached hydrogens (tertiary/aromatic N) is 5. The number of benzene rings is 2. The van der Waals surface area contributed by atoms with E-state index in [1.54, 1.807) is 45.4 Å². The average molecular weight is 615 g/mol. The number of thiocarbonyl (C=S) groups is 1. The Balaban J connectivity index is 1.78. The molecule has 0 radical (unpaired) electrons. The summed E-state index contributed by atoms with van der Waals surface area (Å²) in [6.45, 7) is 5.31. The SMILES string of the molecule is CCOC(=O)N(C)C(=S)N(Cc1ccccc1C(F)(F)F)CC(C)(C)NC(=O)Cc1cncn1Cc1ccc(C#N)cc1. The molecule has 228 valence electrons. The molecule has 0 saturated heterocycles. The smallest absolute Gasteiger partial charge is 0.416 e. The minimum Gasteiger partial charge on any atom is -0.449 e. The fourth-order valence-corrected chi connectivity index (χ4v) is 4.67. The van der Waals surface area contributed by atoms with Crippen LogP contribution in [0.1, 0.15) is 48.7 Å². The average Bonchev–Trinajstić information content (AvgIpc) is 3.37. The van der Waals surface area contributed by atoms with Gasteiger partial charge in [-0.15, -0.1) is 0 Å². The van der Waals surface area contributed by atoms with Gasteiger partial charge in [0.25, 0.3) is 0 Å². The van der Waals surface area contributed by atoms with Gasteiger partial charge in [-0.2, -0.15) is 18.4 Å². The molecule has 0 atom stereocenters. The van der Waals surface area contributed by atoms with Crippen molar-refractivity contribution < 1.29 is 27.5 Å². The van der Waals surface area contributed by atoms with Crippen LogP contribution in [0.15, 0.2) is 61.1 Å². The van der Waals surface area contributed by atoms with E-state index >= 15 is 0 Å². The quantitative estimate of drug-likeness (QED) is 0.316. The maximum atomic E-state index is 13.8. The van der Waals surface area contributed by atoms with E-state index in [0.29, 0.717) is 17.8 Å². The maximum Gasteiger partial charge on any atom is 0.416 e. The summed E-state index contributed by atoms with van der Waals surface area (Å²) < 4.78 is 48.1. The minimum atomic E-state index is -4.60. The number of carbonyl (C=O) groups excluding carboxylic acids is 2. The van der Waals surface area contributed by atoms with E-state index in [1.165, 1.54) is 30.1 Å².